The lowest BCUT2D eigenvalue weighted by atomic mass is 10.0. The van der Waals surface area contributed by atoms with Crippen molar-refractivity contribution in [2.24, 2.45) is 5.73 Å². The average molecular weight is 894 g/mol. The summed E-state index contributed by atoms with van der Waals surface area (Å²) in [7, 11) is -4.38. The second-order valence-corrected chi connectivity index (χ2v) is 18.5. The summed E-state index contributed by atoms with van der Waals surface area (Å²) in [6.45, 7) is 3.69. The molecule has 0 fully saturated rings. The molecule has 0 rings (SSSR count). The summed E-state index contributed by atoms with van der Waals surface area (Å²) in [5.74, 6) is -0.840. The third kappa shape index (κ3) is 47.4. The number of carbonyl (C=O) groups excluding carboxylic acids is 2. The summed E-state index contributed by atoms with van der Waals surface area (Å²) in [6.07, 6.45) is 57.3. The van der Waals surface area contributed by atoms with E-state index < -0.39 is 32.5 Å². The van der Waals surface area contributed by atoms with Gasteiger partial charge in [0.1, 0.15) is 6.61 Å². The summed E-state index contributed by atoms with van der Waals surface area (Å²) < 4.78 is 32.9. The molecular weight excluding hydrogens is 798 g/mol. The van der Waals surface area contributed by atoms with Crippen LogP contribution in [0.5, 0.6) is 0 Å². The van der Waals surface area contributed by atoms with Gasteiger partial charge in [-0.15, -0.1) is 0 Å². The zero-order valence-electron chi connectivity index (χ0n) is 40.1. The maximum absolute atomic E-state index is 12.6. The van der Waals surface area contributed by atoms with Crippen molar-refractivity contribution in [1.82, 2.24) is 0 Å². The maximum Gasteiger partial charge on any atom is 0.472 e. The van der Waals surface area contributed by atoms with Crippen LogP contribution < -0.4 is 5.73 Å². The van der Waals surface area contributed by atoms with Crippen LogP contribution in [-0.4, -0.2) is 49.3 Å². The molecule has 0 aromatic heterocycles. The van der Waals surface area contributed by atoms with Gasteiger partial charge in [-0.05, 0) is 70.6 Å². The molecule has 0 heterocycles. The molecule has 9 nitrogen and oxygen atoms in total. The van der Waals surface area contributed by atoms with Crippen molar-refractivity contribution >= 4 is 19.8 Å². The molecule has 0 spiro atoms. The van der Waals surface area contributed by atoms with Crippen LogP contribution in [0.4, 0.5) is 0 Å². The van der Waals surface area contributed by atoms with E-state index in [0.717, 1.165) is 70.6 Å². The molecule has 2 atom stereocenters. The van der Waals surface area contributed by atoms with Gasteiger partial charge in [0.25, 0.3) is 0 Å². The van der Waals surface area contributed by atoms with E-state index in [-0.39, 0.29) is 32.6 Å². The van der Waals surface area contributed by atoms with Crippen LogP contribution in [0, 0.1) is 0 Å². The highest BCUT2D eigenvalue weighted by Gasteiger charge is 2.26. The molecule has 0 aromatic rings. The third-order valence-corrected chi connectivity index (χ3v) is 11.9. The van der Waals surface area contributed by atoms with Gasteiger partial charge in [0.15, 0.2) is 6.10 Å². The lowest BCUT2D eigenvalue weighted by molar-refractivity contribution is -0.161. The zero-order chi connectivity index (χ0) is 45.3. The molecule has 0 saturated carbocycles. The molecule has 0 radical (unpaired) electrons. The van der Waals surface area contributed by atoms with Gasteiger partial charge >= 0.3 is 19.8 Å². The fourth-order valence-electron chi connectivity index (χ4n) is 7.09. The predicted molar refractivity (Wildman–Crippen MR) is 261 cm³/mol. The number of phosphoric ester groups is 1. The van der Waals surface area contributed by atoms with Gasteiger partial charge in [-0.2, -0.15) is 0 Å². The molecule has 362 valence electrons. The first kappa shape index (κ1) is 60.0. The summed E-state index contributed by atoms with van der Waals surface area (Å²) in [4.78, 5) is 35.0. The number of phosphoric acid groups is 1. The van der Waals surface area contributed by atoms with Crippen LogP contribution >= 0.6 is 7.82 Å². The van der Waals surface area contributed by atoms with Crippen LogP contribution in [0.15, 0.2) is 48.6 Å². The van der Waals surface area contributed by atoms with Crippen molar-refractivity contribution in [3.8, 4) is 0 Å². The first-order valence-electron chi connectivity index (χ1n) is 25.6. The number of hydrogen-bond acceptors (Lipinski definition) is 8. The molecule has 0 aliphatic carbocycles. The predicted octanol–water partition coefficient (Wildman–Crippen LogP) is 15.5. The normalized spacial score (nSPS) is 13.5. The van der Waals surface area contributed by atoms with Gasteiger partial charge in [0, 0.05) is 19.4 Å². The molecule has 0 amide bonds. The van der Waals surface area contributed by atoms with E-state index in [1.807, 2.05) is 0 Å². The Bertz CT molecular complexity index is 1160. The summed E-state index contributed by atoms with van der Waals surface area (Å²) in [5.41, 5.74) is 5.36. The highest BCUT2D eigenvalue weighted by molar-refractivity contribution is 7.47. The minimum absolute atomic E-state index is 0.0509. The fraction of sp³-hybridized carbons (Fsp3) is 0.808. The molecule has 0 aliphatic rings. The third-order valence-electron chi connectivity index (χ3n) is 10.9. The van der Waals surface area contributed by atoms with E-state index in [2.05, 4.69) is 62.5 Å². The van der Waals surface area contributed by atoms with Crippen molar-refractivity contribution in [3.63, 3.8) is 0 Å². The minimum Gasteiger partial charge on any atom is -0.462 e. The van der Waals surface area contributed by atoms with Crippen molar-refractivity contribution in [1.29, 1.82) is 0 Å². The Morgan fingerprint density at radius 1 is 0.484 bits per heavy atom. The second-order valence-electron chi connectivity index (χ2n) is 17.0. The summed E-state index contributed by atoms with van der Waals surface area (Å²) >= 11 is 0. The Balaban J connectivity index is 3.98. The lowest BCUT2D eigenvalue weighted by Gasteiger charge is -2.19. The molecule has 0 bridgehead atoms. The topological polar surface area (TPSA) is 134 Å². The van der Waals surface area contributed by atoms with Crippen LogP contribution in [0.1, 0.15) is 239 Å². The van der Waals surface area contributed by atoms with Gasteiger partial charge in [0.05, 0.1) is 13.2 Å². The monoisotopic (exact) mass is 894 g/mol. The first-order chi connectivity index (χ1) is 30.3. The average Bonchev–Trinajstić information content (AvgIpc) is 3.26. The molecule has 10 heteroatoms. The zero-order valence-corrected chi connectivity index (χ0v) is 41.0. The van der Waals surface area contributed by atoms with Gasteiger partial charge in [-0.25, -0.2) is 4.57 Å². The lowest BCUT2D eigenvalue weighted by Crippen LogP contribution is -2.29. The second kappa shape index (κ2) is 48.4. The number of unbranched alkanes of at least 4 members (excludes halogenated alkanes) is 27. The number of nitrogens with two attached hydrogens (primary N) is 1. The molecule has 0 aromatic carbocycles. The summed E-state index contributed by atoms with van der Waals surface area (Å²) in [5, 5.41) is 0. The van der Waals surface area contributed by atoms with E-state index >= 15 is 0 Å². The number of allylic oxidation sites excluding steroid dienone is 8. The van der Waals surface area contributed by atoms with Crippen molar-refractivity contribution < 1.29 is 37.6 Å². The number of rotatable bonds is 48. The van der Waals surface area contributed by atoms with E-state index in [0.29, 0.717) is 12.8 Å². The van der Waals surface area contributed by atoms with Crippen LogP contribution in [-0.2, 0) is 32.7 Å². The number of ether oxygens (including phenoxy) is 2. The Hall–Kier alpha value is -2.03. The van der Waals surface area contributed by atoms with Crippen molar-refractivity contribution in [3.05, 3.63) is 48.6 Å². The highest BCUT2D eigenvalue weighted by atomic mass is 31.2. The molecule has 3 N–H and O–H groups in total. The van der Waals surface area contributed by atoms with Crippen LogP contribution in [0.25, 0.3) is 0 Å². The maximum atomic E-state index is 12.6. The number of esters is 2. The van der Waals surface area contributed by atoms with E-state index in [1.165, 1.54) is 128 Å². The molecule has 62 heavy (non-hydrogen) atoms. The minimum atomic E-state index is -4.38. The van der Waals surface area contributed by atoms with Crippen LogP contribution in [0.2, 0.25) is 0 Å². The standard InChI is InChI=1S/C52H96NO8P/c1-3-5-7-9-11-13-15-17-19-20-21-22-23-24-25-26-27-28-29-30-31-33-35-37-39-41-43-45-52(55)61-50(49-60-62(56,57)59-47-46-53)48-58-51(54)44-42-40-38-36-34-32-18-16-14-12-10-8-6-4-2/h10,12,15-18,20-21,50H,3-9,11,13-14,19,22-49,53H2,1-2H3,(H,56,57)/b12-10-,17-15-,18-16-,21-20-. The van der Waals surface area contributed by atoms with E-state index in [9.17, 15) is 19.0 Å². The molecular formula is C52H96NO8P. The largest absolute Gasteiger partial charge is 0.472 e. The van der Waals surface area contributed by atoms with E-state index in [4.69, 9.17) is 24.3 Å². The van der Waals surface area contributed by atoms with Crippen molar-refractivity contribution in [2.75, 3.05) is 26.4 Å². The van der Waals surface area contributed by atoms with E-state index in [1.54, 1.807) is 0 Å². The summed E-state index contributed by atoms with van der Waals surface area (Å²) in [6, 6.07) is 0. The molecule has 0 aliphatic heterocycles. The van der Waals surface area contributed by atoms with Gasteiger partial charge in [-0.3, -0.25) is 18.6 Å². The Morgan fingerprint density at radius 2 is 0.855 bits per heavy atom. The number of carbonyl (C=O) groups is 2. The Morgan fingerprint density at radius 3 is 1.27 bits per heavy atom. The SMILES string of the molecule is CCCC/C=C\C/C=C\CCCCCCCC(=O)OCC(COP(=O)(O)OCCN)OC(=O)CCCCCCCCCCCCCCCCC/C=C\C/C=C\CCCCCCC. The first-order valence-corrected chi connectivity index (χ1v) is 27.1. The quantitative estimate of drug-likeness (QED) is 0.0265. The Labute approximate surface area is 381 Å². The number of hydrogen-bond donors (Lipinski definition) is 2. The Kier molecular flexibility index (Phi) is 46.8. The van der Waals surface area contributed by atoms with Gasteiger partial charge in [-0.1, -0.05) is 204 Å². The molecule has 0 saturated heterocycles. The fourth-order valence-corrected chi connectivity index (χ4v) is 7.86. The highest BCUT2D eigenvalue weighted by Crippen LogP contribution is 2.43. The molecule has 2 unspecified atom stereocenters. The van der Waals surface area contributed by atoms with Gasteiger partial charge < -0.3 is 20.1 Å². The smallest absolute Gasteiger partial charge is 0.462 e. The van der Waals surface area contributed by atoms with Crippen LogP contribution in [0.3, 0.4) is 0 Å². The van der Waals surface area contributed by atoms with Crippen molar-refractivity contribution in [2.45, 2.75) is 245 Å². The van der Waals surface area contributed by atoms with Gasteiger partial charge in [0.2, 0.25) is 0 Å².